The fourth-order valence-corrected chi connectivity index (χ4v) is 5.32. The summed E-state index contributed by atoms with van der Waals surface area (Å²) in [6.45, 7) is 1.36. The van der Waals surface area contributed by atoms with Gasteiger partial charge in [0.25, 0.3) is 0 Å². The number of hydrogen-bond donors (Lipinski definition) is 7. The second-order valence-electron chi connectivity index (χ2n) is 9.78. The zero-order valence-corrected chi connectivity index (χ0v) is 21.5. The summed E-state index contributed by atoms with van der Waals surface area (Å²) in [7, 11) is 3.19. The Morgan fingerprint density at radius 1 is 1.08 bits per heavy atom. The normalized spacial score (nSPS) is 36.3. The summed E-state index contributed by atoms with van der Waals surface area (Å²) in [5.74, 6) is -0.334. The first-order valence-corrected chi connectivity index (χ1v) is 12.4. The SMILES string of the molecule is CN[C@@H]1[C@H](O)[C@H](NC)[C@@H](OCO)C(O[C@H]2C[C@](O)(CNCc3cccc(OC(F)(F)F)c3)C[C@@H](C)O2)[C@H]1O. The van der Waals surface area contributed by atoms with E-state index in [0.29, 0.717) is 5.56 Å². The van der Waals surface area contributed by atoms with Crippen LogP contribution in [-0.2, 0) is 20.8 Å². The molecule has 1 unspecified atom stereocenters. The average Bonchev–Trinajstić information content (AvgIpc) is 2.81. The molecule has 2 fully saturated rings. The van der Waals surface area contributed by atoms with Gasteiger partial charge in [-0.3, -0.25) is 0 Å². The molecule has 1 aromatic carbocycles. The number of aliphatic hydroxyl groups excluding tert-OH is 3. The van der Waals surface area contributed by atoms with Gasteiger partial charge in [0.2, 0.25) is 0 Å². The minimum atomic E-state index is -4.79. The Labute approximate surface area is 219 Å². The van der Waals surface area contributed by atoms with Crippen LogP contribution in [0.5, 0.6) is 5.75 Å². The summed E-state index contributed by atoms with van der Waals surface area (Å²) in [4.78, 5) is 0. The lowest BCUT2D eigenvalue weighted by atomic mass is 9.81. The van der Waals surface area contributed by atoms with Crippen molar-refractivity contribution in [3.05, 3.63) is 29.8 Å². The van der Waals surface area contributed by atoms with Crippen molar-refractivity contribution >= 4 is 0 Å². The van der Waals surface area contributed by atoms with Gasteiger partial charge in [0.15, 0.2) is 6.29 Å². The van der Waals surface area contributed by atoms with E-state index in [9.17, 15) is 33.6 Å². The molecule has 1 saturated heterocycles. The van der Waals surface area contributed by atoms with Gasteiger partial charge in [-0.25, -0.2) is 0 Å². The number of aliphatic hydroxyl groups is 4. The van der Waals surface area contributed by atoms with Gasteiger partial charge in [0, 0.05) is 25.9 Å². The highest BCUT2D eigenvalue weighted by molar-refractivity contribution is 5.28. The molecule has 1 aliphatic heterocycles. The second kappa shape index (κ2) is 13.2. The lowest BCUT2D eigenvalue weighted by Crippen LogP contribution is -2.71. The van der Waals surface area contributed by atoms with E-state index in [1.165, 1.54) is 18.2 Å². The first-order chi connectivity index (χ1) is 17.9. The van der Waals surface area contributed by atoms with Gasteiger partial charge >= 0.3 is 6.36 Å². The van der Waals surface area contributed by atoms with E-state index in [1.54, 1.807) is 27.1 Å². The number of hydrogen-bond acceptors (Lipinski definition) is 11. The molecule has 2 aliphatic rings. The molecule has 1 aliphatic carbocycles. The van der Waals surface area contributed by atoms with E-state index in [0.717, 1.165) is 0 Å². The molecule has 38 heavy (non-hydrogen) atoms. The molecular formula is C24H38F3N3O8. The van der Waals surface area contributed by atoms with E-state index in [-0.39, 0.29) is 31.7 Å². The summed E-state index contributed by atoms with van der Waals surface area (Å²) in [5, 5.41) is 51.2. The van der Waals surface area contributed by atoms with Crippen LogP contribution in [0.2, 0.25) is 0 Å². The summed E-state index contributed by atoms with van der Waals surface area (Å²) in [5.41, 5.74) is -0.757. The maximum absolute atomic E-state index is 12.5. The number of benzene rings is 1. The van der Waals surface area contributed by atoms with Crippen LogP contribution in [0.1, 0.15) is 25.3 Å². The van der Waals surface area contributed by atoms with Gasteiger partial charge in [0.1, 0.15) is 30.9 Å². The fraction of sp³-hybridized carbons (Fsp3) is 0.750. The molecule has 9 atom stereocenters. The highest BCUT2D eigenvalue weighted by atomic mass is 19.4. The predicted octanol–water partition coefficient (Wildman–Crippen LogP) is -0.437. The zero-order chi connectivity index (χ0) is 28.1. The van der Waals surface area contributed by atoms with Crippen molar-refractivity contribution in [1.82, 2.24) is 16.0 Å². The van der Waals surface area contributed by atoms with E-state index >= 15 is 0 Å². The molecular weight excluding hydrogens is 515 g/mol. The fourth-order valence-electron chi connectivity index (χ4n) is 5.32. The number of nitrogens with one attached hydrogen (secondary N) is 3. The van der Waals surface area contributed by atoms with Crippen molar-refractivity contribution in [2.24, 2.45) is 0 Å². The molecule has 0 bridgehead atoms. The highest BCUT2D eigenvalue weighted by Crippen LogP contribution is 2.33. The molecule has 7 N–H and O–H groups in total. The second-order valence-corrected chi connectivity index (χ2v) is 9.78. The standard InChI is InChI=1S/C24H38F3N3O8/c1-13-8-23(34,11-30-10-14-5-4-6-15(7-14)38-24(25,26)27)9-16(36-13)37-22-20(33)17(28-2)19(32)18(29-3)21(22)35-12-31/h4-7,13,16-22,28-34H,8-12H2,1-3H3/t13-,16+,17-,18+,19+,20+,21-,22?,23+/m1/s1. The largest absolute Gasteiger partial charge is 0.573 e. The Hall–Kier alpha value is -1.59. The molecule has 0 radical (unpaired) electrons. The number of ether oxygens (including phenoxy) is 4. The van der Waals surface area contributed by atoms with Crippen molar-refractivity contribution in [3.63, 3.8) is 0 Å². The van der Waals surface area contributed by atoms with Gasteiger partial charge in [-0.05, 0) is 38.7 Å². The third-order valence-electron chi connectivity index (χ3n) is 6.87. The molecule has 0 aromatic heterocycles. The maximum Gasteiger partial charge on any atom is 0.573 e. The number of alkyl halides is 3. The Kier molecular flexibility index (Phi) is 10.7. The average molecular weight is 554 g/mol. The third-order valence-corrected chi connectivity index (χ3v) is 6.87. The van der Waals surface area contributed by atoms with Gasteiger partial charge in [0.05, 0.1) is 29.9 Å². The van der Waals surface area contributed by atoms with Crippen LogP contribution in [0, 0.1) is 0 Å². The number of rotatable bonds is 11. The number of halogens is 3. The van der Waals surface area contributed by atoms with E-state index < -0.39 is 67.6 Å². The summed E-state index contributed by atoms with van der Waals surface area (Å²) in [6, 6.07) is 4.09. The Balaban J connectivity index is 1.65. The minimum Gasteiger partial charge on any atom is -0.406 e. The predicted molar refractivity (Wildman–Crippen MR) is 128 cm³/mol. The quantitative estimate of drug-likeness (QED) is 0.179. The van der Waals surface area contributed by atoms with Crippen molar-refractivity contribution < 1.29 is 52.5 Å². The van der Waals surface area contributed by atoms with Crippen molar-refractivity contribution in [2.45, 2.75) is 87.2 Å². The van der Waals surface area contributed by atoms with Crippen molar-refractivity contribution in [2.75, 3.05) is 27.4 Å². The van der Waals surface area contributed by atoms with Crippen LogP contribution < -0.4 is 20.7 Å². The van der Waals surface area contributed by atoms with E-state index in [1.807, 2.05) is 0 Å². The summed E-state index contributed by atoms with van der Waals surface area (Å²) < 4.78 is 58.9. The third kappa shape index (κ3) is 7.97. The molecule has 0 amide bonds. The molecule has 3 rings (SSSR count). The maximum atomic E-state index is 12.5. The van der Waals surface area contributed by atoms with Crippen LogP contribution in [-0.4, -0.2) is 109 Å². The van der Waals surface area contributed by atoms with E-state index in [4.69, 9.17) is 14.2 Å². The number of likely N-dealkylation sites (N-methyl/N-ethyl adjacent to an activating group) is 2. The molecule has 1 heterocycles. The van der Waals surface area contributed by atoms with Crippen LogP contribution in [0.3, 0.4) is 0 Å². The first kappa shape index (κ1) is 30.9. The van der Waals surface area contributed by atoms with Crippen LogP contribution >= 0.6 is 0 Å². The van der Waals surface area contributed by atoms with Crippen LogP contribution in [0.25, 0.3) is 0 Å². The zero-order valence-electron chi connectivity index (χ0n) is 21.5. The van der Waals surface area contributed by atoms with Gasteiger partial charge in [-0.15, -0.1) is 13.2 Å². The summed E-state index contributed by atoms with van der Waals surface area (Å²) >= 11 is 0. The highest BCUT2D eigenvalue weighted by Gasteiger charge is 2.52. The lowest BCUT2D eigenvalue weighted by Gasteiger charge is -2.49. The monoisotopic (exact) mass is 553 g/mol. The smallest absolute Gasteiger partial charge is 0.406 e. The Bertz CT molecular complexity index is 885. The molecule has 11 nitrogen and oxygen atoms in total. The molecule has 0 spiro atoms. The van der Waals surface area contributed by atoms with Crippen molar-refractivity contribution in [1.29, 1.82) is 0 Å². The van der Waals surface area contributed by atoms with Crippen molar-refractivity contribution in [3.8, 4) is 5.75 Å². The van der Waals surface area contributed by atoms with Crippen LogP contribution in [0.4, 0.5) is 13.2 Å². The van der Waals surface area contributed by atoms with Crippen LogP contribution in [0.15, 0.2) is 24.3 Å². The molecule has 1 saturated carbocycles. The van der Waals surface area contributed by atoms with Gasteiger partial charge < -0.3 is 55.3 Å². The first-order valence-electron chi connectivity index (χ1n) is 12.4. The lowest BCUT2D eigenvalue weighted by molar-refractivity contribution is -0.293. The Morgan fingerprint density at radius 3 is 2.42 bits per heavy atom. The van der Waals surface area contributed by atoms with Gasteiger partial charge in [-0.1, -0.05) is 12.1 Å². The topological polar surface area (TPSA) is 154 Å². The Morgan fingerprint density at radius 2 is 1.79 bits per heavy atom. The summed E-state index contributed by atoms with van der Waals surface area (Å²) in [6.07, 6.45) is -10.1. The molecule has 218 valence electrons. The molecule has 1 aromatic rings. The molecule has 14 heteroatoms. The van der Waals surface area contributed by atoms with Gasteiger partial charge in [-0.2, -0.15) is 0 Å². The minimum absolute atomic E-state index is 0.0215. The van der Waals surface area contributed by atoms with E-state index in [2.05, 4.69) is 20.7 Å².